The first-order chi connectivity index (χ1) is 12.1. The van der Waals surface area contributed by atoms with Crippen LogP contribution >= 0.6 is 0 Å². The SMILES string of the molecule is CCC(=O)[O-].O=c1[nH]c2ccc(-c3ccccc3)cc2c2cc[nH]c12. The highest BCUT2D eigenvalue weighted by atomic mass is 16.4. The number of nitrogens with one attached hydrogen (secondary N) is 2. The van der Waals surface area contributed by atoms with E-state index in [1.54, 1.807) is 6.20 Å². The molecular formula is C20H17N2O3-. The number of carbonyl (C=O) groups is 1. The first-order valence-corrected chi connectivity index (χ1v) is 7.98. The van der Waals surface area contributed by atoms with E-state index in [0.717, 1.165) is 21.9 Å². The van der Waals surface area contributed by atoms with Gasteiger partial charge in [0.15, 0.2) is 0 Å². The van der Waals surface area contributed by atoms with Crippen molar-refractivity contribution < 1.29 is 9.90 Å². The lowest BCUT2D eigenvalue weighted by molar-refractivity contribution is -0.305. The number of fused-ring (bicyclic) bond motifs is 3. The van der Waals surface area contributed by atoms with Gasteiger partial charge in [0.25, 0.3) is 5.56 Å². The summed E-state index contributed by atoms with van der Waals surface area (Å²) in [7, 11) is 0. The van der Waals surface area contributed by atoms with E-state index in [1.807, 2.05) is 36.4 Å². The number of hydrogen-bond donors (Lipinski definition) is 2. The molecular weight excluding hydrogens is 316 g/mol. The van der Waals surface area contributed by atoms with Crippen LogP contribution in [0.25, 0.3) is 32.9 Å². The predicted molar refractivity (Wildman–Crippen MR) is 97.2 cm³/mol. The van der Waals surface area contributed by atoms with Gasteiger partial charge in [-0.3, -0.25) is 4.79 Å². The number of carboxylic acid groups (broad SMARTS) is 1. The van der Waals surface area contributed by atoms with E-state index in [9.17, 15) is 14.7 Å². The third-order valence-electron chi connectivity index (χ3n) is 3.93. The van der Waals surface area contributed by atoms with Gasteiger partial charge in [0.05, 0.1) is 0 Å². The van der Waals surface area contributed by atoms with Gasteiger partial charge in [0.2, 0.25) is 0 Å². The van der Waals surface area contributed by atoms with Gasteiger partial charge in [0.1, 0.15) is 5.52 Å². The van der Waals surface area contributed by atoms with Crippen LogP contribution in [0.3, 0.4) is 0 Å². The lowest BCUT2D eigenvalue weighted by Crippen LogP contribution is -2.19. The monoisotopic (exact) mass is 333 g/mol. The molecule has 2 N–H and O–H groups in total. The first kappa shape index (κ1) is 16.5. The number of aromatic amines is 2. The maximum absolute atomic E-state index is 11.9. The minimum atomic E-state index is -0.995. The quantitative estimate of drug-likeness (QED) is 0.591. The van der Waals surface area contributed by atoms with Gasteiger partial charge >= 0.3 is 0 Å². The van der Waals surface area contributed by atoms with Crippen molar-refractivity contribution in [3.05, 3.63) is 71.1 Å². The molecule has 2 aromatic heterocycles. The highest BCUT2D eigenvalue weighted by Gasteiger charge is 2.07. The standard InChI is InChI=1S/C17H12N2O.C3H6O2/c20-17-16-13(8-9-18-16)14-10-12(6-7-15(14)19-17)11-4-2-1-3-5-11;1-2-3(4)5/h1-10,18H,(H,19,20);2H2,1H3,(H,4,5)/p-1. The summed E-state index contributed by atoms with van der Waals surface area (Å²) >= 11 is 0. The van der Waals surface area contributed by atoms with E-state index in [-0.39, 0.29) is 12.0 Å². The molecule has 126 valence electrons. The number of aliphatic carboxylic acids is 1. The van der Waals surface area contributed by atoms with Crippen LogP contribution in [0.5, 0.6) is 0 Å². The van der Waals surface area contributed by atoms with Crippen molar-refractivity contribution in [2.24, 2.45) is 0 Å². The summed E-state index contributed by atoms with van der Waals surface area (Å²) in [5.74, 6) is -0.995. The number of rotatable bonds is 2. The summed E-state index contributed by atoms with van der Waals surface area (Å²) in [6, 6.07) is 18.3. The Morgan fingerprint density at radius 2 is 1.72 bits per heavy atom. The van der Waals surface area contributed by atoms with Crippen LogP contribution in [-0.4, -0.2) is 15.9 Å². The van der Waals surface area contributed by atoms with E-state index in [4.69, 9.17) is 0 Å². The molecule has 0 fully saturated rings. The molecule has 0 aliphatic heterocycles. The maximum atomic E-state index is 11.9. The zero-order valence-corrected chi connectivity index (χ0v) is 13.7. The van der Waals surface area contributed by atoms with Crippen LogP contribution in [0.15, 0.2) is 65.6 Å². The first-order valence-electron chi connectivity index (χ1n) is 7.98. The van der Waals surface area contributed by atoms with Crippen LogP contribution in [0.1, 0.15) is 13.3 Å². The van der Waals surface area contributed by atoms with Crippen LogP contribution in [-0.2, 0) is 4.79 Å². The summed E-state index contributed by atoms with van der Waals surface area (Å²) in [4.78, 5) is 27.1. The molecule has 0 saturated heterocycles. The molecule has 4 aromatic rings. The molecule has 0 bridgehead atoms. The minimum Gasteiger partial charge on any atom is -0.550 e. The second kappa shape index (κ2) is 7.05. The summed E-state index contributed by atoms with van der Waals surface area (Å²) in [5.41, 5.74) is 3.73. The Morgan fingerprint density at radius 3 is 2.40 bits per heavy atom. The third-order valence-corrected chi connectivity index (χ3v) is 3.93. The normalized spacial score (nSPS) is 10.4. The molecule has 0 aliphatic rings. The van der Waals surface area contributed by atoms with E-state index in [0.29, 0.717) is 5.52 Å². The molecule has 0 atom stereocenters. The zero-order chi connectivity index (χ0) is 17.8. The molecule has 5 nitrogen and oxygen atoms in total. The van der Waals surface area contributed by atoms with Gasteiger partial charge in [-0.25, -0.2) is 0 Å². The number of aromatic nitrogens is 2. The van der Waals surface area contributed by atoms with Crippen molar-refractivity contribution in [1.82, 2.24) is 9.97 Å². The second-order valence-electron chi connectivity index (χ2n) is 5.57. The van der Waals surface area contributed by atoms with Crippen molar-refractivity contribution >= 4 is 27.8 Å². The average Bonchev–Trinajstić information content (AvgIpc) is 3.14. The van der Waals surface area contributed by atoms with E-state index in [1.165, 1.54) is 12.5 Å². The average molecular weight is 333 g/mol. The molecule has 0 saturated carbocycles. The Labute approximate surface area is 143 Å². The molecule has 4 rings (SSSR count). The van der Waals surface area contributed by atoms with E-state index >= 15 is 0 Å². The summed E-state index contributed by atoms with van der Waals surface area (Å²) in [6.07, 6.45) is 1.91. The van der Waals surface area contributed by atoms with Gasteiger partial charge < -0.3 is 19.9 Å². The topological polar surface area (TPSA) is 88.8 Å². The Bertz CT molecular complexity index is 1080. The van der Waals surface area contributed by atoms with Crippen LogP contribution in [0.4, 0.5) is 0 Å². The third kappa shape index (κ3) is 3.45. The number of carbonyl (C=O) groups excluding carboxylic acids is 1. The largest absolute Gasteiger partial charge is 0.550 e. The molecule has 2 heterocycles. The number of carboxylic acids is 1. The number of hydrogen-bond acceptors (Lipinski definition) is 3. The van der Waals surface area contributed by atoms with Crippen LogP contribution in [0.2, 0.25) is 0 Å². The zero-order valence-electron chi connectivity index (χ0n) is 13.7. The van der Waals surface area contributed by atoms with Gasteiger partial charge in [-0.1, -0.05) is 43.3 Å². The summed E-state index contributed by atoms with van der Waals surface area (Å²) < 4.78 is 0. The maximum Gasteiger partial charge on any atom is 0.272 e. The molecule has 0 spiro atoms. The summed E-state index contributed by atoms with van der Waals surface area (Å²) in [6.45, 7) is 1.54. The van der Waals surface area contributed by atoms with Gasteiger partial charge in [0, 0.05) is 28.5 Å². The smallest absolute Gasteiger partial charge is 0.272 e. The lowest BCUT2D eigenvalue weighted by Gasteiger charge is -2.05. The van der Waals surface area contributed by atoms with Crippen molar-refractivity contribution in [3.63, 3.8) is 0 Å². The molecule has 2 aromatic carbocycles. The van der Waals surface area contributed by atoms with Crippen molar-refractivity contribution in [1.29, 1.82) is 0 Å². The molecule has 0 radical (unpaired) electrons. The minimum absolute atomic E-state index is 0.0787. The van der Waals surface area contributed by atoms with Crippen molar-refractivity contribution in [3.8, 4) is 11.1 Å². The fraction of sp³-hybridized carbons (Fsp3) is 0.100. The summed E-state index contributed by atoms with van der Waals surface area (Å²) in [5, 5.41) is 11.3. The van der Waals surface area contributed by atoms with Gasteiger partial charge in [-0.15, -0.1) is 0 Å². The Morgan fingerprint density at radius 1 is 1.00 bits per heavy atom. The highest BCUT2D eigenvalue weighted by Crippen LogP contribution is 2.26. The Hall–Kier alpha value is -3.34. The van der Waals surface area contributed by atoms with Crippen molar-refractivity contribution in [2.45, 2.75) is 13.3 Å². The molecule has 0 unspecified atom stereocenters. The van der Waals surface area contributed by atoms with Crippen molar-refractivity contribution in [2.75, 3.05) is 0 Å². The Kier molecular flexibility index (Phi) is 4.66. The number of H-pyrrole nitrogens is 2. The number of benzene rings is 2. The lowest BCUT2D eigenvalue weighted by atomic mass is 10.0. The van der Waals surface area contributed by atoms with E-state index in [2.05, 4.69) is 28.2 Å². The number of pyridine rings is 1. The van der Waals surface area contributed by atoms with Crippen LogP contribution in [0, 0.1) is 0 Å². The fourth-order valence-electron chi connectivity index (χ4n) is 2.65. The molecule has 25 heavy (non-hydrogen) atoms. The van der Waals surface area contributed by atoms with E-state index < -0.39 is 5.97 Å². The molecule has 0 amide bonds. The fourth-order valence-corrected chi connectivity index (χ4v) is 2.65. The predicted octanol–water partition coefficient (Wildman–Crippen LogP) is 2.82. The van der Waals surface area contributed by atoms with Crippen LogP contribution < -0.4 is 10.7 Å². The van der Waals surface area contributed by atoms with Gasteiger partial charge in [-0.2, -0.15) is 0 Å². The molecule has 0 aliphatic carbocycles. The molecule has 5 heteroatoms. The van der Waals surface area contributed by atoms with Gasteiger partial charge in [-0.05, 0) is 35.7 Å². The highest BCUT2D eigenvalue weighted by molar-refractivity contribution is 6.05. The second-order valence-corrected chi connectivity index (χ2v) is 5.57. The Balaban J connectivity index is 0.000000324.